The third-order valence-electron chi connectivity index (χ3n) is 5.56. The van der Waals surface area contributed by atoms with Crippen molar-refractivity contribution in [2.75, 3.05) is 30.8 Å². The number of pyridine rings is 2. The van der Waals surface area contributed by atoms with E-state index in [1.54, 1.807) is 0 Å². The quantitative estimate of drug-likeness (QED) is 0.452. The summed E-state index contributed by atoms with van der Waals surface area (Å²) in [7, 11) is 1.37. The van der Waals surface area contributed by atoms with E-state index in [9.17, 15) is 23.5 Å². The fourth-order valence-corrected chi connectivity index (χ4v) is 4.36. The van der Waals surface area contributed by atoms with Gasteiger partial charge in [-0.25, -0.2) is 22.9 Å². The summed E-state index contributed by atoms with van der Waals surface area (Å²) >= 11 is 6.57. The van der Waals surface area contributed by atoms with Crippen LogP contribution in [0.4, 0.5) is 24.7 Å². The number of hydrogen-bond donors (Lipinski definition) is 3. The first kappa shape index (κ1) is 24.3. The van der Waals surface area contributed by atoms with Crippen LogP contribution in [-0.4, -0.2) is 52.6 Å². The van der Waals surface area contributed by atoms with E-state index in [0.717, 1.165) is 16.8 Å². The Labute approximate surface area is 200 Å². The van der Waals surface area contributed by atoms with Crippen LogP contribution in [0.25, 0.3) is 16.7 Å². The topological polar surface area (TPSA) is 149 Å². The van der Waals surface area contributed by atoms with Crippen LogP contribution < -0.4 is 21.8 Å². The molecular weight excluding hydrogens is 493 g/mol. The van der Waals surface area contributed by atoms with Crippen LogP contribution in [0.5, 0.6) is 0 Å². The highest BCUT2D eigenvalue weighted by Gasteiger charge is 2.30. The van der Waals surface area contributed by atoms with Gasteiger partial charge in [0, 0.05) is 31.8 Å². The molecule has 184 valence electrons. The van der Waals surface area contributed by atoms with Crippen LogP contribution in [0, 0.1) is 17.5 Å². The summed E-state index contributed by atoms with van der Waals surface area (Å²) in [6.45, 7) is 0.309. The maximum Gasteiger partial charge on any atom is 0.341 e. The molecule has 0 bridgehead atoms. The minimum absolute atomic E-state index is 0.0812. The van der Waals surface area contributed by atoms with E-state index in [-0.39, 0.29) is 29.3 Å². The van der Waals surface area contributed by atoms with Crippen LogP contribution in [0.15, 0.2) is 28.3 Å². The van der Waals surface area contributed by atoms with Gasteiger partial charge >= 0.3 is 5.97 Å². The number of rotatable bonds is 4. The number of piperidine rings is 1. The second-order valence-corrected chi connectivity index (χ2v) is 8.07. The Hall–Kier alpha value is -3.84. The molecule has 0 spiro atoms. The van der Waals surface area contributed by atoms with Gasteiger partial charge in [0.2, 0.25) is 5.43 Å². The van der Waals surface area contributed by atoms with Crippen molar-refractivity contribution >= 4 is 45.7 Å². The first-order valence-corrected chi connectivity index (χ1v) is 10.5. The van der Waals surface area contributed by atoms with Crippen molar-refractivity contribution in [2.45, 2.75) is 12.5 Å². The van der Waals surface area contributed by atoms with E-state index in [1.807, 2.05) is 0 Å². The molecule has 3 heterocycles. The summed E-state index contributed by atoms with van der Waals surface area (Å²) in [4.78, 5) is 34.4. The largest absolute Gasteiger partial charge is 0.477 e. The van der Waals surface area contributed by atoms with Crippen molar-refractivity contribution in [3.05, 3.63) is 56.6 Å². The molecule has 1 fully saturated rings. The average molecular weight is 511 g/mol. The standard InChI is InChI=1S/C21H18ClF3N6O4/c1-35-29-14-2-3-30(7-13(14)26)17-10(23)4-8-16(15(17)22)31(6-9(18(8)32)21(33)34)20-12(25)5-11(24)19(27)28-20/h4-6,13H,2-3,7,26H2,1H3,(H2,27,28)(H,33,34)/b29-14+. The van der Waals surface area contributed by atoms with Gasteiger partial charge in [-0.15, -0.1) is 0 Å². The lowest BCUT2D eigenvalue weighted by Crippen LogP contribution is -2.49. The Morgan fingerprint density at radius 2 is 2.00 bits per heavy atom. The number of nitrogen functional groups attached to an aromatic ring is 1. The molecule has 3 aromatic rings. The van der Waals surface area contributed by atoms with E-state index < -0.39 is 57.5 Å². The lowest BCUT2D eigenvalue weighted by Gasteiger charge is -2.34. The maximum atomic E-state index is 15.3. The Balaban J connectivity index is 2.03. The zero-order valence-electron chi connectivity index (χ0n) is 18.1. The van der Waals surface area contributed by atoms with Crippen LogP contribution >= 0.6 is 11.6 Å². The molecular formula is C21H18ClF3N6O4. The lowest BCUT2D eigenvalue weighted by atomic mass is 10.0. The van der Waals surface area contributed by atoms with Gasteiger partial charge < -0.3 is 26.3 Å². The van der Waals surface area contributed by atoms with Gasteiger partial charge in [-0.05, 0) is 6.07 Å². The molecule has 1 aromatic carbocycles. The molecule has 4 rings (SSSR count). The first-order valence-electron chi connectivity index (χ1n) is 10.1. The molecule has 1 atom stereocenters. The number of nitrogens with two attached hydrogens (primary N) is 2. The molecule has 0 saturated carbocycles. The van der Waals surface area contributed by atoms with Crippen molar-refractivity contribution in [2.24, 2.45) is 10.9 Å². The van der Waals surface area contributed by atoms with Gasteiger partial charge in [0.05, 0.1) is 33.4 Å². The number of anilines is 2. The second kappa shape index (κ2) is 9.07. The molecule has 35 heavy (non-hydrogen) atoms. The Morgan fingerprint density at radius 1 is 1.29 bits per heavy atom. The number of carboxylic acids is 1. The van der Waals surface area contributed by atoms with E-state index in [4.69, 9.17) is 27.9 Å². The van der Waals surface area contributed by atoms with E-state index >= 15 is 4.39 Å². The number of oxime groups is 1. The van der Waals surface area contributed by atoms with Crippen molar-refractivity contribution in [3.8, 4) is 5.82 Å². The van der Waals surface area contributed by atoms with E-state index in [1.165, 1.54) is 12.0 Å². The van der Waals surface area contributed by atoms with Gasteiger partial charge in [0.15, 0.2) is 23.3 Å². The number of aromatic carboxylic acids is 1. The van der Waals surface area contributed by atoms with Gasteiger partial charge in [-0.2, -0.15) is 0 Å². The van der Waals surface area contributed by atoms with Crippen LogP contribution in [0.2, 0.25) is 5.02 Å². The van der Waals surface area contributed by atoms with Gasteiger partial charge in [-0.3, -0.25) is 9.36 Å². The van der Waals surface area contributed by atoms with Gasteiger partial charge in [-0.1, -0.05) is 16.8 Å². The van der Waals surface area contributed by atoms with Gasteiger partial charge in [0.25, 0.3) is 0 Å². The number of carboxylic acid groups (broad SMARTS) is 1. The fourth-order valence-electron chi connectivity index (χ4n) is 3.96. The van der Waals surface area contributed by atoms with Crippen LogP contribution in [0.3, 0.4) is 0 Å². The number of nitrogens with zero attached hydrogens (tertiary/aromatic N) is 4. The van der Waals surface area contributed by atoms with Crippen molar-refractivity contribution in [1.29, 1.82) is 0 Å². The van der Waals surface area contributed by atoms with Gasteiger partial charge in [0.1, 0.15) is 18.5 Å². The minimum Gasteiger partial charge on any atom is -0.477 e. The zero-order valence-corrected chi connectivity index (χ0v) is 18.8. The number of halogens is 4. The predicted octanol–water partition coefficient (Wildman–Crippen LogP) is 2.28. The summed E-state index contributed by atoms with van der Waals surface area (Å²) in [5.41, 5.74) is 9.86. The molecule has 10 nitrogen and oxygen atoms in total. The Morgan fingerprint density at radius 3 is 2.63 bits per heavy atom. The van der Waals surface area contributed by atoms with Crippen LogP contribution in [0.1, 0.15) is 16.8 Å². The molecule has 0 amide bonds. The number of benzene rings is 1. The van der Waals surface area contributed by atoms with Crippen molar-refractivity contribution in [1.82, 2.24) is 9.55 Å². The highest BCUT2D eigenvalue weighted by molar-refractivity contribution is 6.38. The highest BCUT2D eigenvalue weighted by atomic mass is 35.5. The average Bonchev–Trinajstić information content (AvgIpc) is 2.78. The highest BCUT2D eigenvalue weighted by Crippen LogP contribution is 2.37. The zero-order chi connectivity index (χ0) is 25.6. The number of hydrogen-bond acceptors (Lipinski definition) is 8. The summed E-state index contributed by atoms with van der Waals surface area (Å²) < 4.78 is 44.6. The summed E-state index contributed by atoms with van der Waals surface area (Å²) in [5, 5.41) is 12.5. The smallest absolute Gasteiger partial charge is 0.341 e. The lowest BCUT2D eigenvalue weighted by molar-refractivity contribution is 0.0695. The van der Waals surface area contributed by atoms with Crippen LogP contribution in [-0.2, 0) is 4.84 Å². The van der Waals surface area contributed by atoms with Crippen molar-refractivity contribution in [3.63, 3.8) is 0 Å². The second-order valence-electron chi connectivity index (χ2n) is 7.69. The number of fused-ring (bicyclic) bond motifs is 1. The monoisotopic (exact) mass is 510 g/mol. The summed E-state index contributed by atoms with van der Waals surface area (Å²) in [6.07, 6.45) is 1.09. The molecule has 1 saturated heterocycles. The van der Waals surface area contributed by atoms with E-state index in [0.29, 0.717) is 18.2 Å². The fraction of sp³-hybridized carbons (Fsp3) is 0.238. The SMILES string of the molecule is CO/N=C1\CCN(c2c(F)cc3c(=O)c(C(=O)O)cn(-c4nc(N)c(F)cc4F)c3c2Cl)CC1N. The molecule has 1 aliphatic heterocycles. The third kappa shape index (κ3) is 4.12. The third-order valence-corrected chi connectivity index (χ3v) is 5.92. The van der Waals surface area contributed by atoms with E-state index in [2.05, 4.69) is 10.1 Å². The normalized spacial score (nSPS) is 17.3. The molecule has 2 aromatic heterocycles. The minimum atomic E-state index is -1.66. The molecule has 1 aliphatic rings. The number of carbonyl (C=O) groups is 1. The first-order chi connectivity index (χ1) is 16.5. The molecule has 0 aliphatic carbocycles. The maximum absolute atomic E-state index is 15.3. The summed E-state index contributed by atoms with van der Waals surface area (Å²) in [6, 6.07) is 0.625. The molecule has 1 unspecified atom stereocenters. The Bertz CT molecular complexity index is 1460. The Kier molecular flexibility index (Phi) is 6.30. The summed E-state index contributed by atoms with van der Waals surface area (Å²) in [5.74, 6) is -6.28. The number of aromatic nitrogens is 2. The molecule has 0 radical (unpaired) electrons. The molecule has 5 N–H and O–H groups in total. The van der Waals surface area contributed by atoms with Crippen molar-refractivity contribution < 1.29 is 27.9 Å². The predicted molar refractivity (Wildman–Crippen MR) is 123 cm³/mol. The molecule has 14 heteroatoms.